The summed E-state index contributed by atoms with van der Waals surface area (Å²) in [5.41, 5.74) is -2.01. The summed E-state index contributed by atoms with van der Waals surface area (Å²) in [5.74, 6) is 0. The quantitative estimate of drug-likeness (QED) is 0.656. The highest BCUT2D eigenvalue weighted by Gasteiger charge is 2.36. The van der Waals surface area contributed by atoms with Gasteiger partial charge in [0.2, 0.25) is 0 Å². The zero-order valence-corrected chi connectivity index (χ0v) is 9.09. The smallest absolute Gasteiger partial charge is 0.205 e. The average Bonchev–Trinajstić information content (AvgIpc) is 2.06. The molecule has 0 spiro atoms. The van der Waals surface area contributed by atoms with Crippen molar-refractivity contribution in [1.82, 2.24) is 0 Å². The number of alkyl halides is 5. The van der Waals surface area contributed by atoms with Gasteiger partial charge in [-0.2, -0.15) is 13.2 Å². The van der Waals surface area contributed by atoms with Crippen LogP contribution in [0.2, 0.25) is 0 Å². The van der Waals surface area contributed by atoms with Crippen molar-refractivity contribution >= 4 is 15.9 Å². The number of hydrogen-bond donors (Lipinski definition) is 0. The van der Waals surface area contributed by atoms with Crippen molar-refractivity contribution < 1.29 is 22.0 Å². The van der Waals surface area contributed by atoms with E-state index in [1.807, 2.05) is 0 Å². The van der Waals surface area contributed by atoms with Crippen LogP contribution in [0.15, 0.2) is 16.6 Å². The molecule has 0 heterocycles. The van der Waals surface area contributed by atoms with Gasteiger partial charge in [0.25, 0.3) is 6.43 Å². The Bertz CT molecular complexity index is 370. The van der Waals surface area contributed by atoms with E-state index in [0.29, 0.717) is 6.07 Å². The van der Waals surface area contributed by atoms with Crippen LogP contribution < -0.4 is 0 Å². The summed E-state index contributed by atoms with van der Waals surface area (Å²) in [4.78, 5) is 0. The molecule has 84 valence electrons. The summed E-state index contributed by atoms with van der Waals surface area (Å²) >= 11 is 2.91. The minimum Gasteiger partial charge on any atom is -0.205 e. The first kappa shape index (κ1) is 12.4. The lowest BCUT2D eigenvalue weighted by Crippen LogP contribution is -2.10. The lowest BCUT2D eigenvalue weighted by molar-refractivity contribution is -0.139. The van der Waals surface area contributed by atoms with Crippen molar-refractivity contribution in [2.45, 2.75) is 19.5 Å². The molecule has 0 radical (unpaired) electrons. The predicted octanol–water partition coefficient (Wildman–Crippen LogP) is 4.71. The van der Waals surface area contributed by atoms with Gasteiger partial charge in [-0.15, -0.1) is 0 Å². The molecule has 0 saturated carbocycles. The molecule has 1 rings (SSSR count). The van der Waals surface area contributed by atoms with Crippen LogP contribution in [0.1, 0.15) is 23.1 Å². The molecular weight excluding hydrogens is 283 g/mol. The van der Waals surface area contributed by atoms with E-state index in [1.54, 1.807) is 0 Å². The van der Waals surface area contributed by atoms with Gasteiger partial charge in [-0.25, -0.2) is 8.78 Å². The monoisotopic (exact) mass is 288 g/mol. The Morgan fingerprint density at radius 3 is 2.13 bits per heavy atom. The standard InChI is InChI=1S/C9H6BrF5/c1-4-2-6(9(13,14)15)5(8(11)12)3-7(4)10/h2-3,8H,1H3. The van der Waals surface area contributed by atoms with E-state index in [9.17, 15) is 22.0 Å². The highest BCUT2D eigenvalue weighted by molar-refractivity contribution is 9.10. The van der Waals surface area contributed by atoms with Gasteiger partial charge < -0.3 is 0 Å². The predicted molar refractivity (Wildman–Crippen MR) is 48.8 cm³/mol. The van der Waals surface area contributed by atoms with E-state index in [-0.39, 0.29) is 10.0 Å². The molecule has 0 aliphatic carbocycles. The SMILES string of the molecule is Cc1cc(C(F)(F)F)c(C(F)F)cc1Br. The van der Waals surface area contributed by atoms with Crippen LogP contribution >= 0.6 is 15.9 Å². The van der Waals surface area contributed by atoms with Crippen LogP contribution in [0, 0.1) is 6.92 Å². The number of benzene rings is 1. The first-order valence-electron chi connectivity index (χ1n) is 3.89. The van der Waals surface area contributed by atoms with E-state index in [0.717, 1.165) is 6.07 Å². The number of aryl methyl sites for hydroxylation is 1. The van der Waals surface area contributed by atoms with Crippen molar-refractivity contribution in [2.75, 3.05) is 0 Å². The Balaban J connectivity index is 3.42. The molecule has 0 unspecified atom stereocenters. The number of rotatable bonds is 1. The molecule has 0 aliphatic rings. The van der Waals surface area contributed by atoms with Crippen molar-refractivity contribution in [3.8, 4) is 0 Å². The molecule has 15 heavy (non-hydrogen) atoms. The third-order valence-corrected chi connectivity index (χ3v) is 2.73. The van der Waals surface area contributed by atoms with Gasteiger partial charge in [-0.3, -0.25) is 0 Å². The van der Waals surface area contributed by atoms with Crippen molar-refractivity contribution in [3.05, 3.63) is 33.3 Å². The molecule has 0 bridgehead atoms. The third kappa shape index (κ3) is 2.68. The van der Waals surface area contributed by atoms with E-state index in [2.05, 4.69) is 15.9 Å². The fourth-order valence-electron chi connectivity index (χ4n) is 1.12. The highest BCUT2D eigenvalue weighted by Crippen LogP contribution is 2.38. The molecule has 0 atom stereocenters. The van der Waals surface area contributed by atoms with Gasteiger partial charge in [-0.05, 0) is 24.6 Å². The molecule has 0 N–H and O–H groups in total. The molecule has 0 nitrogen and oxygen atoms in total. The molecule has 0 saturated heterocycles. The molecule has 0 fully saturated rings. The largest absolute Gasteiger partial charge is 0.416 e. The zero-order valence-electron chi connectivity index (χ0n) is 7.50. The summed E-state index contributed by atoms with van der Waals surface area (Å²) in [6.45, 7) is 1.41. The summed E-state index contributed by atoms with van der Waals surface area (Å²) in [7, 11) is 0. The van der Waals surface area contributed by atoms with Crippen LogP contribution in [0.4, 0.5) is 22.0 Å². The second-order valence-electron chi connectivity index (χ2n) is 2.99. The molecule has 0 amide bonds. The second-order valence-corrected chi connectivity index (χ2v) is 3.84. The molecule has 1 aromatic rings. The Kier molecular flexibility index (Phi) is 3.38. The molecule has 6 heteroatoms. The van der Waals surface area contributed by atoms with Crippen molar-refractivity contribution in [3.63, 3.8) is 0 Å². The maximum atomic E-state index is 12.4. The van der Waals surface area contributed by atoms with Gasteiger partial charge >= 0.3 is 6.18 Å². The summed E-state index contributed by atoms with van der Waals surface area (Å²) in [6, 6.07) is 1.52. The molecule has 0 aromatic heterocycles. The Morgan fingerprint density at radius 2 is 1.73 bits per heavy atom. The Labute approximate surface area is 91.2 Å². The van der Waals surface area contributed by atoms with Crippen LogP contribution in [0.5, 0.6) is 0 Å². The van der Waals surface area contributed by atoms with Gasteiger partial charge in [0, 0.05) is 10.0 Å². The van der Waals surface area contributed by atoms with Gasteiger partial charge in [0.05, 0.1) is 5.56 Å². The second kappa shape index (κ2) is 4.08. The number of halogens is 6. The number of hydrogen-bond acceptors (Lipinski definition) is 0. The first-order valence-corrected chi connectivity index (χ1v) is 4.68. The van der Waals surface area contributed by atoms with Gasteiger partial charge in [0.1, 0.15) is 0 Å². The lowest BCUT2D eigenvalue weighted by Gasteiger charge is -2.14. The van der Waals surface area contributed by atoms with Gasteiger partial charge in [-0.1, -0.05) is 15.9 Å². The minimum absolute atomic E-state index is 0.241. The fourth-order valence-corrected chi connectivity index (χ4v) is 1.48. The molecule has 1 aromatic carbocycles. The van der Waals surface area contributed by atoms with Crippen LogP contribution in [-0.4, -0.2) is 0 Å². The zero-order chi connectivity index (χ0) is 11.8. The Morgan fingerprint density at radius 1 is 1.20 bits per heavy atom. The van der Waals surface area contributed by atoms with E-state index >= 15 is 0 Å². The van der Waals surface area contributed by atoms with Crippen molar-refractivity contribution in [1.29, 1.82) is 0 Å². The molecular formula is C9H6BrF5. The third-order valence-electron chi connectivity index (χ3n) is 1.87. The highest BCUT2D eigenvalue weighted by atomic mass is 79.9. The fraction of sp³-hybridized carbons (Fsp3) is 0.333. The van der Waals surface area contributed by atoms with Crippen LogP contribution in [-0.2, 0) is 6.18 Å². The maximum Gasteiger partial charge on any atom is 0.416 e. The molecule has 0 aliphatic heterocycles. The van der Waals surface area contributed by atoms with E-state index in [4.69, 9.17) is 0 Å². The van der Waals surface area contributed by atoms with Gasteiger partial charge in [0.15, 0.2) is 0 Å². The maximum absolute atomic E-state index is 12.4. The average molecular weight is 289 g/mol. The van der Waals surface area contributed by atoms with E-state index in [1.165, 1.54) is 6.92 Å². The summed E-state index contributed by atoms with van der Waals surface area (Å²) < 4.78 is 62.1. The topological polar surface area (TPSA) is 0 Å². The Hall–Kier alpha value is -0.650. The summed E-state index contributed by atoms with van der Waals surface area (Å²) in [6.07, 6.45) is -7.89. The minimum atomic E-state index is -4.75. The first-order chi connectivity index (χ1) is 6.73. The van der Waals surface area contributed by atoms with Crippen molar-refractivity contribution in [2.24, 2.45) is 0 Å². The van der Waals surface area contributed by atoms with Crippen LogP contribution in [0.25, 0.3) is 0 Å². The lowest BCUT2D eigenvalue weighted by atomic mass is 10.0. The summed E-state index contributed by atoms with van der Waals surface area (Å²) in [5, 5.41) is 0. The van der Waals surface area contributed by atoms with Crippen LogP contribution in [0.3, 0.4) is 0 Å². The van der Waals surface area contributed by atoms with E-state index < -0.39 is 23.7 Å². The normalized spacial score (nSPS) is 12.3.